The lowest BCUT2D eigenvalue weighted by Crippen LogP contribution is -2.21. The number of anilines is 2. The average molecular weight is 451 g/mol. The van der Waals surface area contributed by atoms with Gasteiger partial charge in [0.25, 0.3) is 7.37 Å². The Hall–Kier alpha value is -2.55. The molecule has 0 aliphatic heterocycles. The molecule has 1 N–H and O–H groups in total. The van der Waals surface area contributed by atoms with Gasteiger partial charge in [0.15, 0.2) is 0 Å². The van der Waals surface area contributed by atoms with E-state index in [1.807, 2.05) is 85.7 Å². The van der Waals surface area contributed by atoms with Crippen LogP contribution in [-0.2, 0) is 9.09 Å². The van der Waals surface area contributed by atoms with Crippen molar-refractivity contribution < 1.29 is 9.09 Å². The van der Waals surface area contributed by atoms with Crippen molar-refractivity contribution in [3.63, 3.8) is 0 Å². The van der Waals surface area contributed by atoms with Crippen molar-refractivity contribution in [1.29, 1.82) is 0 Å². The summed E-state index contributed by atoms with van der Waals surface area (Å²) in [7, 11) is 0.679. The first-order valence-electron chi connectivity index (χ1n) is 11.2. The summed E-state index contributed by atoms with van der Waals surface area (Å²) < 4.78 is 21.1. The van der Waals surface area contributed by atoms with E-state index in [2.05, 4.69) is 38.2 Å². The zero-order chi connectivity index (χ0) is 23.1. The zero-order valence-electron chi connectivity index (χ0n) is 19.8. The minimum absolute atomic E-state index is 0.448. The summed E-state index contributed by atoms with van der Waals surface area (Å²) in [5.41, 5.74) is 4.09. The van der Waals surface area contributed by atoms with Gasteiger partial charge in [0.2, 0.25) is 0 Å². The van der Waals surface area contributed by atoms with Crippen LogP contribution in [-0.4, -0.2) is 20.7 Å². The maximum absolute atomic E-state index is 14.8. The number of nitrogens with one attached hydrogen (secondary N) is 1. The Kier molecular flexibility index (Phi) is 8.17. The van der Waals surface area contributed by atoms with Crippen LogP contribution in [0.25, 0.3) is 0 Å². The van der Waals surface area contributed by atoms with Gasteiger partial charge in [-0.2, -0.15) is 0 Å². The van der Waals surface area contributed by atoms with E-state index in [-0.39, 0.29) is 0 Å². The highest BCUT2D eigenvalue weighted by Gasteiger charge is 2.38. The lowest BCUT2D eigenvalue weighted by Gasteiger charge is -2.30. The summed E-state index contributed by atoms with van der Waals surface area (Å²) in [6.07, 6.45) is 0.853. The van der Waals surface area contributed by atoms with Gasteiger partial charge in [-0.25, -0.2) is 0 Å². The second-order valence-corrected chi connectivity index (χ2v) is 11.3. The second kappa shape index (κ2) is 10.8. The van der Waals surface area contributed by atoms with Gasteiger partial charge in [-0.15, -0.1) is 0 Å². The Bertz CT molecular complexity index is 1020. The number of hydrogen-bond donors (Lipinski definition) is 1. The fourth-order valence-corrected chi connectivity index (χ4v) is 5.91. The molecule has 2 atom stereocenters. The van der Waals surface area contributed by atoms with Gasteiger partial charge >= 0.3 is 0 Å². The topological polar surface area (TPSA) is 41.6 Å². The molecule has 0 saturated heterocycles. The van der Waals surface area contributed by atoms with E-state index in [1.165, 1.54) is 0 Å². The fraction of sp³-hybridized carbons (Fsp3) is 0.333. The van der Waals surface area contributed by atoms with E-state index in [9.17, 15) is 4.57 Å². The molecule has 0 fully saturated rings. The van der Waals surface area contributed by atoms with Crippen LogP contribution in [0.3, 0.4) is 0 Å². The molecule has 0 aromatic heterocycles. The summed E-state index contributed by atoms with van der Waals surface area (Å²) in [4.78, 5) is 2.04. The molecule has 3 aromatic carbocycles. The minimum Gasteiger partial charge on any atom is -0.378 e. The molecular formula is C27H35N2O2P. The molecule has 3 aromatic rings. The zero-order valence-corrected chi connectivity index (χ0v) is 20.7. The van der Waals surface area contributed by atoms with Crippen molar-refractivity contribution >= 4 is 24.0 Å². The highest BCUT2D eigenvalue weighted by molar-refractivity contribution is 7.67. The normalized spacial score (nSPS) is 14.1. The van der Waals surface area contributed by atoms with E-state index in [1.54, 1.807) is 0 Å². The van der Waals surface area contributed by atoms with Crippen LogP contribution >= 0.6 is 7.37 Å². The van der Waals surface area contributed by atoms with E-state index in [0.29, 0.717) is 12.5 Å². The standard InChI is InChI=1S/C27H35N2O2P/c1-21(2)19-20-31-32(30,26-17-15-25(16-18-26)29(4)5)27(23-13-11-22(3)12-14-23)28-24-9-7-6-8-10-24/h6-18,21,27-28H,19-20H2,1-5H3/t27-,32-/m1/s1. The SMILES string of the molecule is Cc1ccc([C@H](Nc2ccccc2)[P@](=O)(OCCC(C)C)c2ccc(N(C)C)cc2)cc1. The first kappa shape index (κ1) is 24.1. The van der Waals surface area contributed by atoms with Crippen molar-refractivity contribution in [3.8, 4) is 0 Å². The molecule has 5 heteroatoms. The summed E-state index contributed by atoms with van der Waals surface area (Å²) in [5.74, 6) is -0.0256. The maximum Gasteiger partial charge on any atom is 0.258 e. The third-order valence-electron chi connectivity index (χ3n) is 5.51. The molecule has 3 rings (SSSR count). The quantitative estimate of drug-likeness (QED) is 0.344. The van der Waals surface area contributed by atoms with E-state index >= 15 is 0 Å². The van der Waals surface area contributed by atoms with Gasteiger partial charge in [0, 0.05) is 30.8 Å². The molecular weight excluding hydrogens is 415 g/mol. The number of hydrogen-bond acceptors (Lipinski definition) is 4. The van der Waals surface area contributed by atoms with Crippen LogP contribution in [0.2, 0.25) is 0 Å². The molecule has 0 aliphatic rings. The van der Waals surface area contributed by atoms with Crippen molar-refractivity contribution in [2.45, 2.75) is 33.0 Å². The molecule has 0 heterocycles. The minimum atomic E-state index is -3.32. The van der Waals surface area contributed by atoms with Crippen LogP contribution in [0.1, 0.15) is 37.2 Å². The summed E-state index contributed by atoms with van der Waals surface area (Å²) >= 11 is 0. The molecule has 4 nitrogen and oxygen atoms in total. The molecule has 0 bridgehead atoms. The van der Waals surface area contributed by atoms with Crippen molar-refractivity contribution in [2.75, 3.05) is 30.9 Å². The van der Waals surface area contributed by atoms with E-state index < -0.39 is 13.2 Å². The van der Waals surface area contributed by atoms with Gasteiger partial charge in [-0.3, -0.25) is 4.57 Å². The molecule has 0 amide bonds. The monoisotopic (exact) mass is 450 g/mol. The smallest absolute Gasteiger partial charge is 0.258 e. The highest BCUT2D eigenvalue weighted by atomic mass is 31.2. The molecule has 170 valence electrons. The fourth-order valence-electron chi connectivity index (χ4n) is 3.49. The van der Waals surface area contributed by atoms with E-state index in [0.717, 1.165) is 34.2 Å². The van der Waals surface area contributed by atoms with Crippen LogP contribution in [0.15, 0.2) is 78.9 Å². The van der Waals surface area contributed by atoms with Gasteiger partial charge in [0.1, 0.15) is 5.78 Å². The first-order valence-corrected chi connectivity index (χ1v) is 12.9. The number of nitrogens with zero attached hydrogens (tertiary/aromatic N) is 1. The maximum atomic E-state index is 14.8. The van der Waals surface area contributed by atoms with Crippen molar-refractivity contribution in [3.05, 3.63) is 90.0 Å². The number of aryl methyl sites for hydroxylation is 1. The molecule has 0 unspecified atom stereocenters. The molecule has 0 saturated carbocycles. The third-order valence-corrected chi connectivity index (χ3v) is 8.21. The lowest BCUT2D eigenvalue weighted by atomic mass is 10.1. The number of rotatable bonds is 10. The van der Waals surface area contributed by atoms with Gasteiger partial charge in [-0.1, -0.05) is 61.9 Å². The summed E-state index contributed by atoms with van der Waals surface area (Å²) in [6, 6.07) is 26.0. The second-order valence-electron chi connectivity index (χ2n) is 8.85. The predicted octanol–water partition coefficient (Wildman–Crippen LogP) is 6.84. The Balaban J connectivity index is 2.08. The Morgan fingerprint density at radius 2 is 1.53 bits per heavy atom. The van der Waals surface area contributed by atoms with Crippen LogP contribution in [0.4, 0.5) is 11.4 Å². The van der Waals surface area contributed by atoms with Crippen molar-refractivity contribution in [1.82, 2.24) is 0 Å². The summed E-state index contributed by atoms with van der Waals surface area (Å²) in [6.45, 7) is 6.81. The Morgan fingerprint density at radius 3 is 2.09 bits per heavy atom. The summed E-state index contributed by atoms with van der Waals surface area (Å²) in [5, 5.41) is 4.25. The largest absolute Gasteiger partial charge is 0.378 e. The molecule has 0 aliphatic carbocycles. The number of benzene rings is 3. The molecule has 0 spiro atoms. The van der Waals surface area contributed by atoms with Gasteiger partial charge < -0.3 is 14.7 Å². The first-order chi connectivity index (χ1) is 15.3. The number of para-hydroxylation sites is 1. The highest BCUT2D eigenvalue weighted by Crippen LogP contribution is 2.59. The van der Waals surface area contributed by atoms with Gasteiger partial charge in [0.05, 0.1) is 6.61 Å². The lowest BCUT2D eigenvalue weighted by molar-refractivity contribution is 0.290. The predicted molar refractivity (Wildman–Crippen MR) is 137 cm³/mol. The van der Waals surface area contributed by atoms with Crippen LogP contribution < -0.4 is 15.5 Å². The van der Waals surface area contributed by atoms with E-state index in [4.69, 9.17) is 4.52 Å². The molecule has 0 radical (unpaired) electrons. The third kappa shape index (κ3) is 6.03. The average Bonchev–Trinajstić information content (AvgIpc) is 2.78. The Morgan fingerprint density at radius 1 is 0.906 bits per heavy atom. The van der Waals surface area contributed by atoms with Crippen LogP contribution in [0.5, 0.6) is 0 Å². The van der Waals surface area contributed by atoms with Crippen molar-refractivity contribution in [2.24, 2.45) is 5.92 Å². The van der Waals surface area contributed by atoms with Crippen LogP contribution in [0, 0.1) is 12.8 Å². The van der Waals surface area contributed by atoms with Gasteiger partial charge in [-0.05, 0) is 61.2 Å². The Labute approximate surface area is 193 Å². The molecule has 32 heavy (non-hydrogen) atoms.